The van der Waals surface area contributed by atoms with E-state index in [2.05, 4.69) is 24.0 Å². The first-order chi connectivity index (χ1) is 18.9. The monoisotopic (exact) mass is 567 g/mol. The minimum atomic E-state index is -0.324. The molecule has 0 aliphatic carbocycles. The van der Waals surface area contributed by atoms with Gasteiger partial charge in [0.15, 0.2) is 5.16 Å². The highest BCUT2D eigenvalue weighted by Crippen LogP contribution is 2.38. The van der Waals surface area contributed by atoms with Crippen molar-refractivity contribution in [3.8, 4) is 11.4 Å². The van der Waals surface area contributed by atoms with Crippen LogP contribution in [0.4, 0.5) is 0 Å². The predicted octanol–water partition coefficient (Wildman–Crippen LogP) is 4.69. The van der Waals surface area contributed by atoms with E-state index < -0.39 is 0 Å². The van der Waals surface area contributed by atoms with Crippen molar-refractivity contribution in [2.24, 2.45) is 5.92 Å². The number of hydrogen-bond acceptors (Lipinski definition) is 8. The third-order valence-electron chi connectivity index (χ3n) is 7.71. The summed E-state index contributed by atoms with van der Waals surface area (Å²) < 4.78 is 15.1. The van der Waals surface area contributed by atoms with Crippen LogP contribution in [-0.2, 0) is 22.6 Å². The zero-order valence-corrected chi connectivity index (χ0v) is 24.3. The first kappa shape index (κ1) is 26.3. The fraction of sp³-hybridized carbons (Fsp3) is 0.500. The molecule has 0 radical (unpaired) electrons. The molecule has 9 nitrogen and oxygen atoms in total. The Bertz CT molecular complexity index is 1580. The predicted molar refractivity (Wildman–Crippen MR) is 153 cm³/mol. The van der Waals surface area contributed by atoms with Gasteiger partial charge >= 0.3 is 0 Å². The Morgan fingerprint density at radius 3 is 2.56 bits per heavy atom. The first-order valence-corrected chi connectivity index (χ1v) is 15.2. The van der Waals surface area contributed by atoms with Crippen LogP contribution in [-0.4, -0.2) is 61.5 Å². The maximum absolute atomic E-state index is 14.2. The lowest BCUT2D eigenvalue weighted by atomic mass is 9.96. The van der Waals surface area contributed by atoms with E-state index in [0.29, 0.717) is 46.7 Å². The Morgan fingerprint density at radius 2 is 1.87 bits per heavy atom. The molecule has 11 heteroatoms. The molecular formula is C28H33N5O4S2. The molecule has 0 bridgehead atoms. The van der Waals surface area contributed by atoms with Gasteiger partial charge in [0.05, 0.1) is 36.1 Å². The van der Waals surface area contributed by atoms with Crippen molar-refractivity contribution < 1.29 is 14.3 Å². The van der Waals surface area contributed by atoms with Gasteiger partial charge in [-0.25, -0.2) is 8.97 Å². The number of likely N-dealkylation sites (tertiary alicyclic amines) is 1. The molecule has 0 spiro atoms. The molecule has 0 N–H and O–H groups in total. The maximum Gasteiger partial charge on any atom is 0.268 e. The largest absolute Gasteiger partial charge is 0.497 e. The fourth-order valence-corrected chi connectivity index (χ4v) is 7.72. The molecule has 0 saturated carbocycles. The van der Waals surface area contributed by atoms with E-state index >= 15 is 0 Å². The zero-order valence-electron chi connectivity index (χ0n) is 22.7. The molecular weight excluding hydrogens is 534 g/mol. The fourth-order valence-electron chi connectivity index (χ4n) is 5.49. The minimum absolute atomic E-state index is 0.0526. The molecule has 3 aromatic heterocycles. The quantitative estimate of drug-likeness (QED) is 0.312. The Kier molecular flexibility index (Phi) is 7.15. The molecule has 5 heterocycles. The van der Waals surface area contributed by atoms with Crippen molar-refractivity contribution in [3.05, 3.63) is 45.1 Å². The molecule has 1 aromatic carbocycles. The molecule has 39 heavy (non-hydrogen) atoms. The van der Waals surface area contributed by atoms with Crippen LogP contribution in [0.25, 0.3) is 21.7 Å². The molecule has 4 aromatic rings. The molecule has 6 rings (SSSR count). The lowest BCUT2D eigenvalue weighted by Crippen LogP contribution is -2.40. The summed E-state index contributed by atoms with van der Waals surface area (Å²) >= 11 is 2.97. The SMILES string of the molecule is COc1ccc(-n2c(=O)c3c4c(sc3n3c(S[C@H](C)C(=O)N5CCCCC5)nnc23)CO[C@@H](C(C)C)C4)cc1. The van der Waals surface area contributed by atoms with E-state index in [9.17, 15) is 9.59 Å². The summed E-state index contributed by atoms with van der Waals surface area (Å²) in [6, 6.07) is 7.38. The minimum Gasteiger partial charge on any atom is -0.497 e. The summed E-state index contributed by atoms with van der Waals surface area (Å²) in [7, 11) is 1.62. The molecule has 1 saturated heterocycles. The molecule has 2 atom stereocenters. The number of hydrogen-bond donors (Lipinski definition) is 0. The van der Waals surface area contributed by atoms with Gasteiger partial charge in [0.2, 0.25) is 11.7 Å². The number of rotatable bonds is 6. The van der Waals surface area contributed by atoms with Crippen molar-refractivity contribution in [1.29, 1.82) is 0 Å². The highest BCUT2D eigenvalue weighted by atomic mass is 32.2. The number of methoxy groups -OCH3 is 1. The average molecular weight is 568 g/mol. The van der Waals surface area contributed by atoms with Crippen LogP contribution in [0.5, 0.6) is 5.75 Å². The van der Waals surface area contributed by atoms with Crippen LogP contribution in [0, 0.1) is 5.92 Å². The lowest BCUT2D eigenvalue weighted by Gasteiger charge is -2.28. The van der Waals surface area contributed by atoms with Gasteiger partial charge in [0.1, 0.15) is 10.6 Å². The van der Waals surface area contributed by atoms with E-state index in [1.807, 2.05) is 40.5 Å². The lowest BCUT2D eigenvalue weighted by molar-refractivity contribution is -0.131. The number of thiophene rings is 1. The number of carbonyl (C=O) groups excluding carboxylic acids is 1. The van der Waals surface area contributed by atoms with E-state index in [-0.39, 0.29) is 22.8 Å². The summed E-state index contributed by atoms with van der Waals surface area (Å²) in [5.41, 5.74) is 1.61. The summed E-state index contributed by atoms with van der Waals surface area (Å²) in [5.74, 6) is 1.59. The number of piperidine rings is 1. The van der Waals surface area contributed by atoms with Crippen molar-refractivity contribution in [1.82, 2.24) is 24.1 Å². The average Bonchev–Trinajstić information content (AvgIpc) is 3.54. The van der Waals surface area contributed by atoms with Crippen LogP contribution in [0.3, 0.4) is 0 Å². The number of benzene rings is 1. The number of carbonyl (C=O) groups is 1. The van der Waals surface area contributed by atoms with Crippen LogP contribution < -0.4 is 10.3 Å². The summed E-state index contributed by atoms with van der Waals surface area (Å²) in [4.78, 5) is 31.3. The van der Waals surface area contributed by atoms with E-state index in [4.69, 9.17) is 9.47 Å². The van der Waals surface area contributed by atoms with Crippen molar-refractivity contribution >= 4 is 45.0 Å². The molecule has 1 fully saturated rings. The normalized spacial score (nSPS) is 18.6. The van der Waals surface area contributed by atoms with Gasteiger partial charge in [-0.2, -0.15) is 0 Å². The third-order valence-corrected chi connectivity index (χ3v) is 9.94. The second-order valence-corrected chi connectivity index (χ2v) is 13.0. The first-order valence-electron chi connectivity index (χ1n) is 13.5. The Balaban J connectivity index is 1.52. The van der Waals surface area contributed by atoms with Gasteiger partial charge in [-0.1, -0.05) is 25.6 Å². The number of thioether (sulfide) groups is 1. The molecule has 1 amide bonds. The van der Waals surface area contributed by atoms with Crippen LogP contribution in [0.2, 0.25) is 0 Å². The molecule has 2 aliphatic rings. The van der Waals surface area contributed by atoms with Crippen LogP contribution >= 0.6 is 23.1 Å². The Hall–Kier alpha value is -2.89. The van der Waals surface area contributed by atoms with Crippen molar-refractivity contribution in [3.63, 3.8) is 0 Å². The number of amides is 1. The smallest absolute Gasteiger partial charge is 0.268 e. The summed E-state index contributed by atoms with van der Waals surface area (Å²) in [6.45, 7) is 8.32. The summed E-state index contributed by atoms with van der Waals surface area (Å²) in [6.07, 6.45) is 4.01. The number of nitrogens with zero attached hydrogens (tertiary/aromatic N) is 5. The topological polar surface area (TPSA) is 91.0 Å². The molecule has 0 unspecified atom stereocenters. The van der Waals surface area contributed by atoms with E-state index in [1.54, 1.807) is 23.0 Å². The zero-order chi connectivity index (χ0) is 27.3. The van der Waals surface area contributed by atoms with Crippen LogP contribution in [0.1, 0.15) is 50.5 Å². The number of aromatic nitrogens is 4. The Morgan fingerprint density at radius 1 is 1.13 bits per heavy atom. The van der Waals surface area contributed by atoms with Gasteiger partial charge < -0.3 is 14.4 Å². The van der Waals surface area contributed by atoms with E-state index in [1.165, 1.54) is 18.2 Å². The van der Waals surface area contributed by atoms with Gasteiger partial charge in [-0.3, -0.25) is 9.59 Å². The maximum atomic E-state index is 14.2. The standard InChI is InChI=1S/C28H33N5O4S2/c1-16(2)21-14-20-22(15-37-21)39-26-23(20)25(35)32(18-8-10-19(36-4)11-9-18)27-29-30-28(33(26)27)38-17(3)24(34)31-12-6-5-7-13-31/h8-11,16-17,21H,5-7,12-15H2,1-4H3/t17-,21-/m1/s1. The van der Waals surface area contributed by atoms with Crippen LogP contribution in [0.15, 0.2) is 34.2 Å². The highest BCUT2D eigenvalue weighted by Gasteiger charge is 2.31. The van der Waals surface area contributed by atoms with E-state index in [0.717, 1.165) is 41.2 Å². The number of ether oxygens (including phenoxy) is 2. The van der Waals surface area contributed by atoms with Crippen molar-refractivity contribution in [2.45, 2.75) is 69.6 Å². The van der Waals surface area contributed by atoms with Gasteiger partial charge in [0, 0.05) is 24.4 Å². The number of fused-ring (bicyclic) bond motifs is 5. The second-order valence-electron chi connectivity index (χ2n) is 10.6. The summed E-state index contributed by atoms with van der Waals surface area (Å²) in [5, 5.41) is 9.98. The van der Waals surface area contributed by atoms with Gasteiger partial charge in [-0.15, -0.1) is 21.5 Å². The molecule has 2 aliphatic heterocycles. The Labute approximate surface area is 235 Å². The van der Waals surface area contributed by atoms with Crippen molar-refractivity contribution in [2.75, 3.05) is 20.2 Å². The van der Waals surface area contributed by atoms with Gasteiger partial charge in [0.25, 0.3) is 5.56 Å². The second kappa shape index (κ2) is 10.6. The third kappa shape index (κ3) is 4.64. The molecule has 206 valence electrons. The highest BCUT2D eigenvalue weighted by molar-refractivity contribution is 8.00. The van der Waals surface area contributed by atoms with Gasteiger partial charge in [-0.05, 0) is 61.9 Å².